The molecule has 2 heterocycles. The normalized spacial score (nSPS) is 28.9. The van der Waals surface area contributed by atoms with E-state index in [9.17, 15) is 26.4 Å². The van der Waals surface area contributed by atoms with E-state index in [4.69, 9.17) is 0 Å². The number of nitrogens with zero attached hydrogens (tertiary/aromatic N) is 2. The van der Waals surface area contributed by atoms with Crippen LogP contribution in [0, 0.1) is 5.41 Å². The van der Waals surface area contributed by atoms with Gasteiger partial charge in [-0.15, -0.1) is 0 Å². The van der Waals surface area contributed by atoms with E-state index in [1.165, 1.54) is 4.31 Å². The lowest BCUT2D eigenvalue weighted by molar-refractivity contribution is -0.222. The Hall–Kier alpha value is -0.870. The van der Waals surface area contributed by atoms with Crippen molar-refractivity contribution in [2.75, 3.05) is 45.5 Å². The molecule has 0 aliphatic carbocycles. The maximum Gasteiger partial charge on any atom is 0.404 e. The van der Waals surface area contributed by atoms with E-state index in [-0.39, 0.29) is 39.1 Å². The Balaban J connectivity index is 2.11. The number of hydrogen-bond acceptors (Lipinski definition) is 4. The van der Waals surface area contributed by atoms with Crippen LogP contribution in [-0.4, -0.2) is 75.2 Å². The van der Waals surface area contributed by atoms with Gasteiger partial charge in [-0.2, -0.15) is 17.5 Å². The van der Waals surface area contributed by atoms with Gasteiger partial charge in [0.1, 0.15) is 0 Å². The van der Waals surface area contributed by atoms with E-state index in [0.717, 1.165) is 11.2 Å². The summed E-state index contributed by atoms with van der Waals surface area (Å²) in [4.78, 5) is 13.5. The molecule has 2 aliphatic heterocycles. The fourth-order valence-corrected chi connectivity index (χ4v) is 3.59. The lowest BCUT2D eigenvalue weighted by atomic mass is 9.84. The molecule has 2 aliphatic rings. The van der Waals surface area contributed by atoms with E-state index in [2.05, 4.69) is 5.32 Å². The predicted molar refractivity (Wildman–Crippen MR) is 69.0 cm³/mol. The lowest BCUT2D eigenvalue weighted by Crippen LogP contribution is -2.58. The SMILES string of the molecule is CS(=O)(=O)N1CCN(C(=O)C2(C(F)(F)F)CCNC2)CC1. The molecule has 1 atom stereocenters. The van der Waals surface area contributed by atoms with Crippen LogP contribution >= 0.6 is 0 Å². The smallest absolute Gasteiger partial charge is 0.339 e. The van der Waals surface area contributed by atoms with Gasteiger partial charge < -0.3 is 10.2 Å². The van der Waals surface area contributed by atoms with Crippen LogP contribution in [0.25, 0.3) is 0 Å². The molecule has 21 heavy (non-hydrogen) atoms. The fraction of sp³-hybridized carbons (Fsp3) is 0.909. The second-order valence-corrected chi connectivity index (χ2v) is 7.44. The van der Waals surface area contributed by atoms with E-state index in [1.807, 2.05) is 0 Å². The van der Waals surface area contributed by atoms with Crippen LogP contribution < -0.4 is 5.32 Å². The first kappa shape index (κ1) is 16.5. The van der Waals surface area contributed by atoms with Crippen molar-refractivity contribution in [2.24, 2.45) is 5.41 Å². The minimum Gasteiger partial charge on any atom is -0.339 e. The highest BCUT2D eigenvalue weighted by atomic mass is 32.2. The average Bonchev–Trinajstić information content (AvgIpc) is 2.87. The topological polar surface area (TPSA) is 69.7 Å². The molecule has 122 valence electrons. The van der Waals surface area contributed by atoms with Crippen LogP contribution in [0.1, 0.15) is 6.42 Å². The van der Waals surface area contributed by atoms with Gasteiger partial charge in [0, 0.05) is 32.7 Å². The van der Waals surface area contributed by atoms with E-state index in [0.29, 0.717) is 0 Å². The van der Waals surface area contributed by atoms with Crippen LogP contribution in [0.5, 0.6) is 0 Å². The van der Waals surface area contributed by atoms with E-state index < -0.39 is 34.1 Å². The average molecular weight is 329 g/mol. The summed E-state index contributed by atoms with van der Waals surface area (Å²) >= 11 is 0. The first-order valence-electron chi connectivity index (χ1n) is 6.60. The molecule has 10 heteroatoms. The van der Waals surface area contributed by atoms with Gasteiger partial charge in [0.05, 0.1) is 6.26 Å². The van der Waals surface area contributed by atoms with E-state index in [1.54, 1.807) is 0 Å². The van der Waals surface area contributed by atoms with Gasteiger partial charge in [-0.25, -0.2) is 8.42 Å². The Kier molecular flexibility index (Phi) is 4.24. The quantitative estimate of drug-likeness (QED) is 0.751. The zero-order valence-corrected chi connectivity index (χ0v) is 12.4. The molecule has 1 amide bonds. The van der Waals surface area contributed by atoms with Crippen LogP contribution in [0.3, 0.4) is 0 Å². The molecule has 2 rings (SSSR count). The molecular weight excluding hydrogens is 311 g/mol. The van der Waals surface area contributed by atoms with Crippen molar-refractivity contribution in [3.8, 4) is 0 Å². The Morgan fingerprint density at radius 3 is 2.14 bits per heavy atom. The number of hydrogen-bond donors (Lipinski definition) is 1. The zero-order valence-electron chi connectivity index (χ0n) is 11.6. The van der Waals surface area contributed by atoms with Gasteiger partial charge in [0.2, 0.25) is 15.9 Å². The maximum atomic E-state index is 13.3. The monoisotopic (exact) mass is 329 g/mol. The molecule has 6 nitrogen and oxygen atoms in total. The van der Waals surface area contributed by atoms with Gasteiger partial charge in [0.25, 0.3) is 0 Å². The highest BCUT2D eigenvalue weighted by molar-refractivity contribution is 7.88. The molecule has 0 radical (unpaired) electrons. The molecule has 0 bridgehead atoms. The van der Waals surface area contributed by atoms with E-state index >= 15 is 0 Å². The molecule has 0 spiro atoms. The molecule has 0 saturated carbocycles. The fourth-order valence-electron chi connectivity index (χ4n) is 2.76. The lowest BCUT2D eigenvalue weighted by Gasteiger charge is -2.39. The van der Waals surface area contributed by atoms with Gasteiger partial charge >= 0.3 is 6.18 Å². The largest absolute Gasteiger partial charge is 0.404 e. The Labute approximate surface area is 121 Å². The van der Waals surface area contributed by atoms with Gasteiger partial charge in [0.15, 0.2) is 5.41 Å². The van der Waals surface area contributed by atoms with Gasteiger partial charge in [-0.1, -0.05) is 0 Å². The second-order valence-electron chi connectivity index (χ2n) is 5.46. The molecule has 0 aromatic carbocycles. The third-order valence-corrected chi connectivity index (χ3v) is 5.41. The summed E-state index contributed by atoms with van der Waals surface area (Å²) in [7, 11) is -3.38. The molecule has 2 saturated heterocycles. The van der Waals surface area contributed by atoms with Crippen LogP contribution in [0.4, 0.5) is 13.2 Å². The molecule has 0 aromatic rings. The van der Waals surface area contributed by atoms with Crippen molar-refractivity contribution in [1.29, 1.82) is 0 Å². The molecule has 1 N–H and O–H groups in total. The molecular formula is C11H18F3N3O3S. The van der Waals surface area contributed by atoms with Crippen LogP contribution in [0.2, 0.25) is 0 Å². The minimum atomic E-state index is -4.61. The van der Waals surface area contributed by atoms with Crippen LogP contribution in [0.15, 0.2) is 0 Å². The summed E-state index contributed by atoms with van der Waals surface area (Å²) in [5.74, 6) is -0.951. The second kappa shape index (κ2) is 5.40. The summed E-state index contributed by atoms with van der Waals surface area (Å²) in [6, 6.07) is 0. The Morgan fingerprint density at radius 2 is 1.76 bits per heavy atom. The molecule has 2 fully saturated rings. The number of nitrogens with one attached hydrogen (secondary N) is 1. The maximum absolute atomic E-state index is 13.3. The summed E-state index contributed by atoms with van der Waals surface area (Å²) < 4.78 is 63.8. The number of sulfonamides is 1. The first-order valence-corrected chi connectivity index (χ1v) is 8.45. The van der Waals surface area contributed by atoms with Crippen molar-refractivity contribution >= 4 is 15.9 Å². The zero-order chi connectivity index (χ0) is 15.9. The number of rotatable bonds is 2. The third kappa shape index (κ3) is 3.02. The van der Waals surface area contributed by atoms with Crippen molar-refractivity contribution in [3.63, 3.8) is 0 Å². The minimum absolute atomic E-state index is 0.0102. The first-order chi connectivity index (χ1) is 9.58. The van der Waals surface area contributed by atoms with Crippen molar-refractivity contribution < 1.29 is 26.4 Å². The summed E-state index contributed by atoms with van der Waals surface area (Å²) in [5.41, 5.74) is -2.37. The van der Waals surface area contributed by atoms with Crippen molar-refractivity contribution in [2.45, 2.75) is 12.6 Å². The number of carbonyl (C=O) groups excluding carboxylic acids is 1. The van der Waals surface area contributed by atoms with Crippen molar-refractivity contribution in [1.82, 2.24) is 14.5 Å². The standard InChI is InChI=1S/C11H18F3N3O3S/c1-21(19,20)17-6-4-16(5-7-17)9(18)10(11(12,13)14)2-3-15-8-10/h15H,2-8H2,1H3. The number of piperazine rings is 1. The summed E-state index contributed by atoms with van der Waals surface area (Å²) in [6.07, 6.45) is -3.84. The number of amides is 1. The summed E-state index contributed by atoms with van der Waals surface area (Å²) in [6.45, 7) is -0.221. The number of alkyl halides is 3. The third-order valence-electron chi connectivity index (χ3n) is 4.10. The highest BCUT2D eigenvalue weighted by Crippen LogP contribution is 2.44. The Bertz CT molecular complexity index is 507. The van der Waals surface area contributed by atoms with Crippen molar-refractivity contribution in [3.05, 3.63) is 0 Å². The van der Waals surface area contributed by atoms with Gasteiger partial charge in [-0.3, -0.25) is 4.79 Å². The molecule has 1 unspecified atom stereocenters. The van der Waals surface area contributed by atoms with Crippen LogP contribution in [-0.2, 0) is 14.8 Å². The van der Waals surface area contributed by atoms with Gasteiger partial charge in [-0.05, 0) is 13.0 Å². The predicted octanol–water partition coefficient (Wildman–Crippen LogP) is -0.368. The highest BCUT2D eigenvalue weighted by Gasteiger charge is 2.62. The molecule has 0 aromatic heterocycles. The number of carbonyl (C=O) groups is 1. The number of halogens is 3. The summed E-state index contributed by atoms with van der Waals surface area (Å²) in [5, 5.41) is 2.60. The Morgan fingerprint density at radius 1 is 1.19 bits per heavy atom.